The number of aromatic nitrogens is 4. The Balaban J connectivity index is 1.12. The Morgan fingerprint density at radius 2 is 1.44 bits per heavy atom. The summed E-state index contributed by atoms with van der Waals surface area (Å²) in [5, 5.41) is 8.57. The van der Waals surface area contributed by atoms with Crippen molar-refractivity contribution in [3.8, 4) is 39.6 Å². The van der Waals surface area contributed by atoms with E-state index < -0.39 is 0 Å². The number of allylic oxidation sites excluding steroid dienone is 5. The summed E-state index contributed by atoms with van der Waals surface area (Å²) in [6, 6.07) is 42.5. The Morgan fingerprint density at radius 3 is 2.33 bits per heavy atom. The molecule has 5 nitrogen and oxygen atoms in total. The predicted molar refractivity (Wildman–Crippen MR) is 197 cm³/mol. The van der Waals surface area contributed by atoms with Crippen molar-refractivity contribution in [2.75, 3.05) is 0 Å². The Hall–Kier alpha value is -6.20. The van der Waals surface area contributed by atoms with E-state index in [1.54, 1.807) is 0 Å². The second-order valence-electron chi connectivity index (χ2n) is 12.4. The fourth-order valence-electron chi connectivity index (χ4n) is 7.02. The van der Waals surface area contributed by atoms with Gasteiger partial charge in [-0.3, -0.25) is 9.98 Å². The average molecular weight is 618 g/mol. The third-order valence-electron chi connectivity index (χ3n) is 9.59. The number of nitrogens with zero attached hydrogens (tertiary/aromatic N) is 5. The van der Waals surface area contributed by atoms with Crippen LogP contribution in [0.1, 0.15) is 12.5 Å². The summed E-state index contributed by atoms with van der Waals surface area (Å²) in [6.45, 7) is 2.28. The summed E-state index contributed by atoms with van der Waals surface area (Å²) >= 11 is 0. The Kier molecular flexibility index (Phi) is 6.75. The number of benzene rings is 5. The molecule has 2 atom stereocenters. The standard InChI is InChI=1S/C43H31N5/c1-28-36(22-24-41-37(28)12-6-26-45-41)31-17-20-35(21-18-31)48-43(46-42(47-48)39-11-4-8-30-7-2-3-10-38(30)39)32-15-13-29(14-16-32)33-19-23-40-34(27-33)9-5-25-44-40/h2-28,37H,1H3. The number of rotatable bonds is 5. The summed E-state index contributed by atoms with van der Waals surface area (Å²) in [5.41, 5.74) is 9.90. The van der Waals surface area contributed by atoms with Crippen LogP contribution in [0.4, 0.5) is 0 Å². The van der Waals surface area contributed by atoms with Crippen LogP contribution in [-0.4, -0.2) is 26.0 Å². The monoisotopic (exact) mass is 617 g/mol. The average Bonchev–Trinajstić information content (AvgIpc) is 3.60. The molecule has 0 fully saturated rings. The van der Waals surface area contributed by atoms with E-state index in [0.717, 1.165) is 61.1 Å². The minimum Gasteiger partial charge on any atom is -0.261 e. The van der Waals surface area contributed by atoms with Crippen LogP contribution in [-0.2, 0) is 0 Å². The third-order valence-corrected chi connectivity index (χ3v) is 9.59. The highest BCUT2D eigenvalue weighted by molar-refractivity contribution is 5.95. The van der Waals surface area contributed by atoms with Gasteiger partial charge in [0.05, 0.1) is 11.2 Å². The molecule has 7 aromatic rings. The van der Waals surface area contributed by atoms with Gasteiger partial charge in [0.25, 0.3) is 0 Å². The summed E-state index contributed by atoms with van der Waals surface area (Å²) in [5.74, 6) is 2.13. The van der Waals surface area contributed by atoms with Gasteiger partial charge >= 0.3 is 0 Å². The zero-order chi connectivity index (χ0) is 32.0. The molecule has 2 aromatic heterocycles. The fraction of sp³-hybridized carbons (Fsp3) is 0.0698. The zero-order valence-corrected chi connectivity index (χ0v) is 26.4. The molecule has 0 bridgehead atoms. The lowest BCUT2D eigenvalue weighted by Crippen LogP contribution is -2.17. The van der Waals surface area contributed by atoms with Crippen molar-refractivity contribution in [2.45, 2.75) is 6.92 Å². The highest BCUT2D eigenvalue weighted by Crippen LogP contribution is 2.39. The molecule has 0 N–H and O–H groups in total. The van der Waals surface area contributed by atoms with Crippen molar-refractivity contribution in [3.63, 3.8) is 0 Å². The first-order valence-corrected chi connectivity index (χ1v) is 16.3. The van der Waals surface area contributed by atoms with Crippen molar-refractivity contribution in [2.24, 2.45) is 16.8 Å². The van der Waals surface area contributed by atoms with E-state index in [9.17, 15) is 0 Å². The summed E-state index contributed by atoms with van der Waals surface area (Å²) < 4.78 is 1.98. The summed E-state index contributed by atoms with van der Waals surface area (Å²) in [7, 11) is 0. The number of hydrogen-bond acceptors (Lipinski definition) is 4. The van der Waals surface area contributed by atoms with Gasteiger partial charge in [-0.15, -0.1) is 5.10 Å². The van der Waals surface area contributed by atoms with Gasteiger partial charge in [-0.05, 0) is 81.4 Å². The molecular weight excluding hydrogens is 587 g/mol. The maximum atomic E-state index is 5.19. The lowest BCUT2D eigenvalue weighted by Gasteiger charge is -2.29. The normalized spacial score (nSPS) is 16.9. The minimum absolute atomic E-state index is 0.300. The second-order valence-corrected chi connectivity index (χ2v) is 12.4. The van der Waals surface area contributed by atoms with Gasteiger partial charge in [0.2, 0.25) is 0 Å². The van der Waals surface area contributed by atoms with Crippen molar-refractivity contribution in [3.05, 3.63) is 163 Å². The van der Waals surface area contributed by atoms with Crippen LogP contribution in [0, 0.1) is 11.8 Å². The molecule has 48 heavy (non-hydrogen) atoms. The van der Waals surface area contributed by atoms with Gasteiger partial charge in [-0.1, -0.05) is 110 Å². The quantitative estimate of drug-likeness (QED) is 0.193. The maximum absolute atomic E-state index is 5.19. The van der Waals surface area contributed by atoms with Gasteiger partial charge in [-0.2, -0.15) is 0 Å². The van der Waals surface area contributed by atoms with E-state index in [1.807, 2.05) is 23.2 Å². The van der Waals surface area contributed by atoms with Crippen LogP contribution in [0.5, 0.6) is 0 Å². The molecule has 2 aliphatic rings. The molecule has 0 saturated carbocycles. The topological polar surface area (TPSA) is 56.0 Å². The SMILES string of the molecule is CC1C(c2ccc(-n3nc(-c4cccc5ccccc45)nc3-c3ccc(-c4ccc5ncccc5c4)cc3)cc2)=CC=C2N=CC=CC21. The van der Waals surface area contributed by atoms with E-state index in [1.165, 1.54) is 11.1 Å². The van der Waals surface area contributed by atoms with Crippen LogP contribution in [0.2, 0.25) is 0 Å². The number of fused-ring (bicyclic) bond motifs is 3. The molecule has 0 radical (unpaired) electrons. The smallest absolute Gasteiger partial charge is 0.182 e. The van der Waals surface area contributed by atoms with E-state index in [4.69, 9.17) is 10.1 Å². The second kappa shape index (κ2) is 11.6. The molecule has 5 heteroatoms. The van der Waals surface area contributed by atoms with Crippen LogP contribution < -0.4 is 0 Å². The molecule has 3 heterocycles. The Morgan fingerprint density at radius 1 is 0.667 bits per heavy atom. The van der Waals surface area contributed by atoms with Gasteiger partial charge in [-0.25, -0.2) is 9.67 Å². The summed E-state index contributed by atoms with van der Waals surface area (Å²) in [4.78, 5) is 14.3. The van der Waals surface area contributed by atoms with Crippen LogP contribution in [0.15, 0.2) is 163 Å². The van der Waals surface area contributed by atoms with Crippen molar-refractivity contribution in [1.82, 2.24) is 19.7 Å². The molecule has 9 rings (SSSR count). The molecule has 228 valence electrons. The lowest BCUT2D eigenvalue weighted by atomic mass is 9.78. The highest BCUT2D eigenvalue weighted by atomic mass is 15.4. The minimum atomic E-state index is 0.300. The van der Waals surface area contributed by atoms with Crippen molar-refractivity contribution >= 4 is 33.5 Å². The van der Waals surface area contributed by atoms with Crippen molar-refractivity contribution in [1.29, 1.82) is 0 Å². The van der Waals surface area contributed by atoms with E-state index in [-0.39, 0.29) is 0 Å². The first kappa shape index (κ1) is 28.1. The van der Waals surface area contributed by atoms with E-state index in [2.05, 4.69) is 156 Å². The molecule has 0 spiro atoms. The molecule has 0 amide bonds. The molecule has 0 saturated heterocycles. The van der Waals surface area contributed by atoms with Gasteiger partial charge < -0.3 is 0 Å². The van der Waals surface area contributed by atoms with Crippen LogP contribution in [0.25, 0.3) is 66.8 Å². The van der Waals surface area contributed by atoms with Crippen molar-refractivity contribution < 1.29 is 0 Å². The molecule has 5 aromatic carbocycles. The third kappa shape index (κ3) is 4.88. The van der Waals surface area contributed by atoms with Crippen LogP contribution >= 0.6 is 0 Å². The molecule has 1 aliphatic carbocycles. The highest BCUT2D eigenvalue weighted by Gasteiger charge is 2.27. The predicted octanol–water partition coefficient (Wildman–Crippen LogP) is 10.1. The number of aliphatic imine (C=N–C) groups is 1. The van der Waals surface area contributed by atoms with Gasteiger partial charge in [0, 0.05) is 40.5 Å². The Labute approximate surface area is 279 Å². The number of dihydropyridines is 1. The first-order valence-electron chi connectivity index (χ1n) is 16.3. The van der Waals surface area contributed by atoms with Gasteiger partial charge in [0.1, 0.15) is 0 Å². The Bertz CT molecular complexity index is 2460. The molecule has 1 aliphatic heterocycles. The largest absolute Gasteiger partial charge is 0.261 e. The van der Waals surface area contributed by atoms with E-state index >= 15 is 0 Å². The maximum Gasteiger partial charge on any atom is 0.182 e. The van der Waals surface area contributed by atoms with Gasteiger partial charge in [0.15, 0.2) is 11.6 Å². The summed E-state index contributed by atoms with van der Waals surface area (Å²) in [6.07, 6.45) is 12.4. The molecular formula is C43H31N5. The van der Waals surface area contributed by atoms with Crippen LogP contribution in [0.3, 0.4) is 0 Å². The van der Waals surface area contributed by atoms with E-state index in [0.29, 0.717) is 17.7 Å². The lowest BCUT2D eigenvalue weighted by molar-refractivity contribution is 0.584. The number of hydrogen-bond donors (Lipinski definition) is 0. The fourth-order valence-corrected chi connectivity index (χ4v) is 7.02. The number of pyridine rings is 1. The molecule has 2 unspecified atom stereocenters. The first-order chi connectivity index (χ1) is 23.7. The zero-order valence-electron chi connectivity index (χ0n) is 26.4.